The maximum Gasteiger partial charge on any atom is 0.294 e. The van der Waals surface area contributed by atoms with E-state index in [2.05, 4.69) is 0 Å². The fourth-order valence-electron chi connectivity index (χ4n) is 0.950. The van der Waals surface area contributed by atoms with Gasteiger partial charge in [-0.1, -0.05) is 6.92 Å². The second-order valence-electron chi connectivity index (χ2n) is 2.69. The summed E-state index contributed by atoms with van der Waals surface area (Å²) in [6, 6.07) is 1.45. The van der Waals surface area contributed by atoms with Crippen LogP contribution in [0.3, 0.4) is 0 Å². The van der Waals surface area contributed by atoms with Crippen LogP contribution < -0.4 is 0 Å². The third-order valence-electron chi connectivity index (χ3n) is 1.58. The summed E-state index contributed by atoms with van der Waals surface area (Å²) in [4.78, 5) is 10.9. The number of rotatable bonds is 4. The van der Waals surface area contributed by atoms with Gasteiger partial charge in [-0.15, -0.1) is 23.1 Å². The molecular weight excluding hydrogens is 222 g/mol. The Morgan fingerprint density at radius 2 is 2.43 bits per heavy atom. The molecule has 1 aromatic heterocycles. The van der Waals surface area contributed by atoms with Gasteiger partial charge < -0.3 is 5.11 Å². The van der Waals surface area contributed by atoms with Crippen molar-refractivity contribution in [2.75, 3.05) is 5.75 Å². The normalized spacial score (nSPS) is 12.8. The number of thiophene rings is 1. The van der Waals surface area contributed by atoms with Crippen LogP contribution in [0.25, 0.3) is 0 Å². The van der Waals surface area contributed by atoms with Crippen molar-refractivity contribution in [3.05, 3.63) is 21.1 Å². The summed E-state index contributed by atoms with van der Waals surface area (Å²) < 4.78 is 0.674. The van der Waals surface area contributed by atoms with E-state index in [-0.39, 0.29) is 5.69 Å². The molecule has 0 spiro atoms. The number of nitro groups is 1. The largest absolute Gasteiger partial charge is 0.388 e. The first-order chi connectivity index (χ1) is 6.56. The predicted molar refractivity (Wildman–Crippen MR) is 58.0 cm³/mol. The molecule has 0 bridgehead atoms. The highest BCUT2D eigenvalue weighted by Gasteiger charge is 2.20. The molecule has 1 aromatic rings. The molecule has 0 aromatic carbocycles. The van der Waals surface area contributed by atoms with E-state index in [0.29, 0.717) is 9.09 Å². The van der Waals surface area contributed by atoms with Crippen LogP contribution >= 0.6 is 23.1 Å². The Kier molecular flexibility index (Phi) is 3.91. The first-order valence-electron chi connectivity index (χ1n) is 4.15. The SMILES string of the molecule is CCSc1sc([C@@H](C)O)cc1[N+](=O)[O-]. The Morgan fingerprint density at radius 1 is 1.79 bits per heavy atom. The number of hydrogen-bond acceptors (Lipinski definition) is 5. The smallest absolute Gasteiger partial charge is 0.294 e. The molecule has 1 atom stereocenters. The van der Waals surface area contributed by atoms with E-state index in [1.807, 2.05) is 6.92 Å². The highest BCUT2D eigenvalue weighted by molar-refractivity contribution is 8.01. The maximum atomic E-state index is 10.6. The Hall–Kier alpha value is -0.590. The van der Waals surface area contributed by atoms with Crippen molar-refractivity contribution in [2.45, 2.75) is 24.2 Å². The Balaban J connectivity index is 3.05. The minimum Gasteiger partial charge on any atom is -0.388 e. The van der Waals surface area contributed by atoms with Gasteiger partial charge in [-0.05, 0) is 12.7 Å². The van der Waals surface area contributed by atoms with E-state index in [0.717, 1.165) is 5.75 Å². The third-order valence-corrected chi connectivity index (χ3v) is 4.04. The zero-order valence-electron chi connectivity index (χ0n) is 7.89. The zero-order valence-corrected chi connectivity index (χ0v) is 9.52. The van der Waals surface area contributed by atoms with Gasteiger partial charge in [-0.3, -0.25) is 10.1 Å². The molecule has 0 saturated heterocycles. The first-order valence-corrected chi connectivity index (χ1v) is 5.95. The minimum atomic E-state index is -0.634. The summed E-state index contributed by atoms with van der Waals surface area (Å²) >= 11 is 2.73. The molecular formula is C8H11NO3S2. The first kappa shape index (κ1) is 11.5. The van der Waals surface area contributed by atoms with Crippen molar-refractivity contribution in [3.8, 4) is 0 Å². The van der Waals surface area contributed by atoms with E-state index >= 15 is 0 Å². The van der Waals surface area contributed by atoms with Gasteiger partial charge in [0.2, 0.25) is 0 Å². The highest BCUT2D eigenvalue weighted by Crippen LogP contribution is 2.39. The number of aliphatic hydroxyl groups excluding tert-OH is 1. The van der Waals surface area contributed by atoms with Gasteiger partial charge in [0.15, 0.2) is 0 Å². The zero-order chi connectivity index (χ0) is 10.7. The van der Waals surface area contributed by atoms with Crippen LogP contribution in [0.5, 0.6) is 0 Å². The standard InChI is InChI=1S/C8H11NO3S2/c1-3-13-8-6(9(11)12)4-7(14-8)5(2)10/h4-5,10H,3H2,1-2H3/t5-/m1/s1. The van der Waals surface area contributed by atoms with E-state index < -0.39 is 11.0 Å². The molecule has 0 radical (unpaired) electrons. The van der Waals surface area contributed by atoms with E-state index in [9.17, 15) is 15.2 Å². The molecule has 78 valence electrons. The van der Waals surface area contributed by atoms with Gasteiger partial charge in [-0.2, -0.15) is 0 Å². The van der Waals surface area contributed by atoms with E-state index in [1.165, 1.54) is 29.2 Å². The lowest BCUT2D eigenvalue weighted by atomic mass is 10.3. The number of hydrogen-bond donors (Lipinski definition) is 1. The van der Waals surface area contributed by atoms with Crippen LogP contribution in [0.1, 0.15) is 24.8 Å². The van der Waals surface area contributed by atoms with Crippen molar-refractivity contribution < 1.29 is 10.0 Å². The summed E-state index contributed by atoms with van der Waals surface area (Å²) in [5.41, 5.74) is 0.109. The van der Waals surface area contributed by atoms with Crippen molar-refractivity contribution in [3.63, 3.8) is 0 Å². The van der Waals surface area contributed by atoms with Crippen LogP contribution in [-0.2, 0) is 0 Å². The van der Waals surface area contributed by atoms with Crippen LogP contribution in [0.2, 0.25) is 0 Å². The lowest BCUT2D eigenvalue weighted by Gasteiger charge is -1.95. The highest BCUT2D eigenvalue weighted by atomic mass is 32.2. The molecule has 0 aliphatic rings. The number of aliphatic hydroxyl groups is 1. The van der Waals surface area contributed by atoms with Crippen molar-refractivity contribution in [1.82, 2.24) is 0 Å². The molecule has 0 aliphatic carbocycles. The summed E-state index contributed by atoms with van der Waals surface area (Å²) in [5.74, 6) is 0.792. The summed E-state index contributed by atoms with van der Waals surface area (Å²) in [6.07, 6.45) is -0.634. The second-order valence-corrected chi connectivity index (χ2v) is 5.30. The molecule has 0 unspecified atom stereocenters. The van der Waals surface area contributed by atoms with Crippen LogP contribution in [0.4, 0.5) is 5.69 Å². The Morgan fingerprint density at radius 3 is 2.86 bits per heavy atom. The topological polar surface area (TPSA) is 63.4 Å². The Bertz CT molecular complexity index is 335. The molecule has 14 heavy (non-hydrogen) atoms. The van der Waals surface area contributed by atoms with Gasteiger partial charge in [-0.25, -0.2) is 0 Å². The summed E-state index contributed by atoms with van der Waals surface area (Å²) in [7, 11) is 0. The molecule has 1 rings (SSSR count). The van der Waals surface area contributed by atoms with Gasteiger partial charge in [0, 0.05) is 10.9 Å². The van der Waals surface area contributed by atoms with Gasteiger partial charge in [0.1, 0.15) is 4.21 Å². The average Bonchev–Trinajstić information content (AvgIpc) is 2.49. The predicted octanol–water partition coefficient (Wildman–Crippen LogP) is 2.82. The minimum absolute atomic E-state index is 0.109. The fourth-order valence-corrected chi connectivity index (χ4v) is 3.16. The molecule has 0 saturated carbocycles. The van der Waals surface area contributed by atoms with Crippen molar-refractivity contribution in [1.29, 1.82) is 0 Å². The van der Waals surface area contributed by atoms with E-state index in [4.69, 9.17) is 0 Å². The third kappa shape index (κ3) is 2.46. The van der Waals surface area contributed by atoms with Gasteiger partial charge >= 0.3 is 0 Å². The van der Waals surface area contributed by atoms with Crippen molar-refractivity contribution in [2.24, 2.45) is 0 Å². The quantitative estimate of drug-likeness (QED) is 0.493. The lowest BCUT2D eigenvalue weighted by molar-refractivity contribution is -0.387. The van der Waals surface area contributed by atoms with Gasteiger partial charge in [0.05, 0.1) is 11.0 Å². The van der Waals surface area contributed by atoms with Crippen molar-refractivity contribution >= 4 is 28.8 Å². The summed E-state index contributed by atoms with van der Waals surface area (Å²) in [5, 5.41) is 19.9. The number of nitrogens with zero attached hydrogens (tertiary/aromatic N) is 1. The average molecular weight is 233 g/mol. The maximum absolute atomic E-state index is 10.6. The summed E-state index contributed by atoms with van der Waals surface area (Å²) in [6.45, 7) is 3.55. The molecule has 0 aliphatic heterocycles. The molecule has 0 amide bonds. The number of thioether (sulfide) groups is 1. The van der Waals surface area contributed by atoms with Gasteiger partial charge in [0.25, 0.3) is 5.69 Å². The Labute approximate surface area is 90.1 Å². The van der Waals surface area contributed by atoms with Crippen LogP contribution in [0.15, 0.2) is 10.3 Å². The lowest BCUT2D eigenvalue weighted by Crippen LogP contribution is -1.87. The van der Waals surface area contributed by atoms with Crippen LogP contribution in [0, 0.1) is 10.1 Å². The molecule has 4 nitrogen and oxygen atoms in total. The van der Waals surface area contributed by atoms with E-state index in [1.54, 1.807) is 6.92 Å². The fraction of sp³-hybridized carbons (Fsp3) is 0.500. The monoisotopic (exact) mass is 233 g/mol. The second kappa shape index (κ2) is 4.77. The molecule has 1 N–H and O–H groups in total. The molecule has 6 heteroatoms. The van der Waals surface area contributed by atoms with Crippen LogP contribution in [-0.4, -0.2) is 15.8 Å². The molecule has 1 heterocycles. The molecule has 0 fully saturated rings.